The van der Waals surface area contributed by atoms with Crippen LogP contribution in [0.4, 0.5) is 0 Å². The van der Waals surface area contributed by atoms with E-state index < -0.39 is 9.84 Å². The molecule has 0 N–H and O–H groups in total. The molecule has 3 nitrogen and oxygen atoms in total. The Hall–Kier alpha value is 0.220. The molecule has 0 saturated carbocycles. The molecule has 0 amide bonds. The smallest absolute Gasteiger partial charge is 0.154 e. The molecular weight excluding hydrogens is 407 g/mol. The number of hydrogen-bond donors (Lipinski definition) is 0. The van der Waals surface area contributed by atoms with Gasteiger partial charge in [0.25, 0.3) is 0 Å². The van der Waals surface area contributed by atoms with Crippen molar-refractivity contribution in [3.63, 3.8) is 0 Å². The molecule has 100 valence electrons. The quantitative estimate of drug-likeness (QED) is 0.706. The van der Waals surface area contributed by atoms with Crippen molar-refractivity contribution >= 4 is 53.3 Å². The Kier molecular flexibility index (Phi) is 4.62. The third kappa shape index (κ3) is 3.40. The van der Waals surface area contributed by atoms with Crippen LogP contribution in [0.1, 0.15) is 12.0 Å². The highest BCUT2D eigenvalue weighted by molar-refractivity contribution is 9.11. The summed E-state index contributed by atoms with van der Waals surface area (Å²) in [4.78, 5) is 0. The first-order chi connectivity index (χ1) is 8.41. The van der Waals surface area contributed by atoms with Gasteiger partial charge >= 0.3 is 0 Å². The van der Waals surface area contributed by atoms with Crippen molar-refractivity contribution in [2.75, 3.05) is 11.5 Å². The highest BCUT2D eigenvalue weighted by Gasteiger charge is 2.30. The first-order valence-corrected chi connectivity index (χ1v) is 9.26. The van der Waals surface area contributed by atoms with Crippen molar-refractivity contribution in [2.24, 2.45) is 0 Å². The third-order valence-electron chi connectivity index (χ3n) is 2.69. The van der Waals surface area contributed by atoms with Gasteiger partial charge in [0.05, 0.1) is 20.5 Å². The van der Waals surface area contributed by atoms with Crippen molar-refractivity contribution in [2.45, 2.75) is 18.4 Å². The van der Waals surface area contributed by atoms with Crippen LogP contribution in [0.25, 0.3) is 0 Å². The maximum absolute atomic E-state index is 11.4. The summed E-state index contributed by atoms with van der Waals surface area (Å²) >= 11 is 12.6. The van der Waals surface area contributed by atoms with Gasteiger partial charge < -0.3 is 4.74 Å². The number of hydrogen-bond acceptors (Lipinski definition) is 3. The van der Waals surface area contributed by atoms with E-state index in [4.69, 9.17) is 16.3 Å². The van der Waals surface area contributed by atoms with Crippen LogP contribution in [-0.4, -0.2) is 26.0 Å². The van der Waals surface area contributed by atoms with E-state index in [2.05, 4.69) is 31.9 Å². The Morgan fingerprint density at radius 3 is 2.39 bits per heavy atom. The van der Waals surface area contributed by atoms with Crippen molar-refractivity contribution < 1.29 is 13.2 Å². The number of ether oxygens (including phenoxy) is 1. The Morgan fingerprint density at radius 2 is 1.94 bits per heavy atom. The summed E-state index contributed by atoms with van der Waals surface area (Å²) < 4.78 is 30.1. The second-order valence-electron chi connectivity index (χ2n) is 4.17. The molecule has 1 aliphatic heterocycles. The number of rotatable bonds is 3. The number of benzene rings is 1. The van der Waals surface area contributed by atoms with Gasteiger partial charge in [-0.25, -0.2) is 8.42 Å². The molecule has 0 radical (unpaired) electrons. The van der Waals surface area contributed by atoms with Gasteiger partial charge in [0.1, 0.15) is 11.9 Å². The predicted molar refractivity (Wildman–Crippen MR) is 79.1 cm³/mol. The van der Waals surface area contributed by atoms with Gasteiger partial charge in [0.15, 0.2) is 9.84 Å². The molecule has 1 saturated heterocycles. The topological polar surface area (TPSA) is 43.4 Å². The van der Waals surface area contributed by atoms with E-state index in [1.54, 1.807) is 0 Å². The molecule has 0 aliphatic carbocycles. The minimum atomic E-state index is -2.93. The van der Waals surface area contributed by atoms with Crippen molar-refractivity contribution in [3.05, 3.63) is 26.6 Å². The molecule has 0 spiro atoms. The zero-order chi connectivity index (χ0) is 13.3. The summed E-state index contributed by atoms with van der Waals surface area (Å²) in [6.45, 7) is 0. The minimum Gasteiger partial charge on any atom is -0.487 e. The second kappa shape index (κ2) is 5.69. The van der Waals surface area contributed by atoms with Crippen LogP contribution < -0.4 is 4.74 Å². The van der Waals surface area contributed by atoms with Gasteiger partial charge in [-0.1, -0.05) is 0 Å². The lowest BCUT2D eigenvalue weighted by molar-refractivity contribution is 0.226. The van der Waals surface area contributed by atoms with Crippen molar-refractivity contribution in [3.8, 4) is 5.75 Å². The Balaban J connectivity index is 2.20. The lowest BCUT2D eigenvalue weighted by atomic mass is 10.2. The first-order valence-electron chi connectivity index (χ1n) is 5.32. The molecule has 0 bridgehead atoms. The fraction of sp³-hybridized carbons (Fsp3) is 0.455. The molecule has 7 heteroatoms. The molecule has 2 rings (SSSR count). The van der Waals surface area contributed by atoms with E-state index in [0.717, 1.165) is 14.5 Å². The fourth-order valence-corrected chi connectivity index (χ4v) is 5.03. The number of sulfone groups is 1. The molecular formula is C11H11Br2ClO3S. The van der Waals surface area contributed by atoms with Gasteiger partial charge in [-0.3, -0.25) is 0 Å². The Labute approximate surface area is 128 Å². The SMILES string of the molecule is O=S1(=O)CCC(Oc2c(Br)cc(CCl)cc2Br)C1. The second-order valence-corrected chi connectivity index (χ2v) is 8.37. The lowest BCUT2D eigenvalue weighted by Crippen LogP contribution is -2.18. The number of halogens is 3. The highest BCUT2D eigenvalue weighted by Crippen LogP contribution is 2.36. The summed E-state index contributed by atoms with van der Waals surface area (Å²) in [5.74, 6) is 1.33. The predicted octanol–water partition coefficient (Wildman–Crippen LogP) is 3.52. The van der Waals surface area contributed by atoms with Crippen LogP contribution in [0.15, 0.2) is 21.1 Å². The summed E-state index contributed by atoms with van der Waals surface area (Å²) in [7, 11) is -2.93. The van der Waals surface area contributed by atoms with Gasteiger partial charge in [-0.2, -0.15) is 0 Å². The van der Waals surface area contributed by atoms with E-state index in [0.29, 0.717) is 18.1 Å². The van der Waals surface area contributed by atoms with Crippen LogP contribution in [0.3, 0.4) is 0 Å². The minimum absolute atomic E-state index is 0.0864. The zero-order valence-electron chi connectivity index (χ0n) is 9.33. The van der Waals surface area contributed by atoms with Crippen molar-refractivity contribution in [1.29, 1.82) is 0 Å². The first kappa shape index (κ1) is 14.6. The van der Waals surface area contributed by atoms with E-state index in [9.17, 15) is 8.42 Å². The fourth-order valence-electron chi connectivity index (χ4n) is 1.82. The maximum Gasteiger partial charge on any atom is 0.154 e. The molecule has 0 aromatic heterocycles. The zero-order valence-corrected chi connectivity index (χ0v) is 14.1. The molecule has 1 aromatic rings. The van der Waals surface area contributed by atoms with Crippen LogP contribution >= 0.6 is 43.5 Å². The van der Waals surface area contributed by atoms with Gasteiger partial charge in [0, 0.05) is 5.88 Å². The Bertz CT molecular complexity index is 536. The van der Waals surface area contributed by atoms with Crippen LogP contribution in [0.5, 0.6) is 5.75 Å². The molecule has 1 atom stereocenters. The van der Waals surface area contributed by atoms with E-state index in [1.807, 2.05) is 12.1 Å². The van der Waals surface area contributed by atoms with Crippen molar-refractivity contribution in [1.82, 2.24) is 0 Å². The monoisotopic (exact) mass is 416 g/mol. The molecule has 1 unspecified atom stereocenters. The van der Waals surface area contributed by atoms with Gasteiger partial charge in [-0.15, -0.1) is 11.6 Å². The van der Waals surface area contributed by atoms with Gasteiger partial charge in [0.2, 0.25) is 0 Å². The normalized spacial score (nSPS) is 22.1. The molecule has 1 fully saturated rings. The van der Waals surface area contributed by atoms with Crippen LogP contribution in [0.2, 0.25) is 0 Å². The standard InChI is InChI=1S/C11H11Br2ClO3S/c12-9-3-7(5-14)4-10(13)11(9)17-8-1-2-18(15,16)6-8/h3-4,8H,1-2,5-6H2. The summed E-state index contributed by atoms with van der Waals surface area (Å²) in [5.41, 5.74) is 0.960. The van der Waals surface area contributed by atoms with Crippen LogP contribution in [0, 0.1) is 0 Å². The average Bonchev–Trinajstić information content (AvgIpc) is 2.63. The molecule has 1 aromatic carbocycles. The van der Waals surface area contributed by atoms with E-state index >= 15 is 0 Å². The maximum atomic E-state index is 11.4. The summed E-state index contributed by atoms with van der Waals surface area (Å²) in [6.07, 6.45) is 0.266. The summed E-state index contributed by atoms with van der Waals surface area (Å²) in [5, 5.41) is 0. The molecule has 1 heterocycles. The lowest BCUT2D eigenvalue weighted by Gasteiger charge is -2.15. The summed E-state index contributed by atoms with van der Waals surface area (Å²) in [6, 6.07) is 3.74. The molecule has 18 heavy (non-hydrogen) atoms. The van der Waals surface area contributed by atoms with E-state index in [-0.39, 0.29) is 17.6 Å². The largest absolute Gasteiger partial charge is 0.487 e. The van der Waals surface area contributed by atoms with Crippen LogP contribution in [-0.2, 0) is 15.7 Å². The highest BCUT2D eigenvalue weighted by atomic mass is 79.9. The molecule has 1 aliphatic rings. The third-order valence-corrected chi connectivity index (χ3v) is 5.91. The van der Waals surface area contributed by atoms with Gasteiger partial charge in [-0.05, 0) is 56.0 Å². The number of alkyl halides is 1. The Morgan fingerprint density at radius 1 is 1.33 bits per heavy atom. The average molecular weight is 419 g/mol. The van der Waals surface area contributed by atoms with E-state index in [1.165, 1.54) is 0 Å².